The van der Waals surface area contributed by atoms with Crippen LogP contribution in [0.25, 0.3) is 0 Å². The molecule has 0 amide bonds. The average molecular weight is 495 g/mol. The predicted octanol–water partition coefficient (Wildman–Crippen LogP) is -1.49. The molecule has 198 valence electrons. The summed E-state index contributed by atoms with van der Waals surface area (Å²) in [6, 6.07) is 0. The Morgan fingerprint density at radius 3 is 0.914 bits per heavy atom. The highest BCUT2D eigenvalue weighted by Gasteiger charge is 2.28. The lowest BCUT2D eigenvalue weighted by molar-refractivity contribution is 0.472. The summed E-state index contributed by atoms with van der Waals surface area (Å²) in [5.41, 5.74) is 42.7. The first-order chi connectivity index (χ1) is 15.9. The first-order valence-electron chi connectivity index (χ1n) is 10.7. The van der Waals surface area contributed by atoms with E-state index in [9.17, 15) is 0 Å². The van der Waals surface area contributed by atoms with Crippen molar-refractivity contribution in [2.24, 2.45) is 75.5 Å². The van der Waals surface area contributed by atoms with Crippen molar-refractivity contribution in [1.29, 1.82) is 43.3 Å². The van der Waals surface area contributed by atoms with Crippen LogP contribution in [0.1, 0.15) is 39.0 Å². The maximum atomic E-state index is 7.36. The van der Waals surface area contributed by atoms with Crippen LogP contribution in [0.15, 0.2) is 0 Å². The third-order valence-corrected chi connectivity index (χ3v) is 5.33. The van der Waals surface area contributed by atoms with Crippen molar-refractivity contribution in [1.82, 2.24) is 0 Å². The van der Waals surface area contributed by atoms with Gasteiger partial charge in [-0.25, -0.2) is 0 Å². The summed E-state index contributed by atoms with van der Waals surface area (Å²) in [4.78, 5) is 0. The van der Waals surface area contributed by atoms with Crippen molar-refractivity contribution in [2.75, 3.05) is 0 Å². The minimum atomic E-state index is -0.712. The van der Waals surface area contributed by atoms with Crippen molar-refractivity contribution in [2.45, 2.75) is 39.0 Å². The molecule has 0 heterocycles. The van der Waals surface area contributed by atoms with Gasteiger partial charge in [0.2, 0.25) is 0 Å². The molecule has 0 saturated heterocycles. The Labute approximate surface area is 205 Å². The lowest BCUT2D eigenvalue weighted by Crippen LogP contribution is -2.42. The number of rotatable bonds is 16. The molecule has 0 spiro atoms. The van der Waals surface area contributed by atoms with E-state index in [0.29, 0.717) is 25.7 Å². The van der Waals surface area contributed by atoms with Gasteiger partial charge in [-0.3, -0.25) is 43.3 Å². The summed E-state index contributed by atoms with van der Waals surface area (Å²) in [5, 5.41) is 58.5. The van der Waals surface area contributed by atoms with E-state index in [2.05, 4.69) is 0 Å². The fraction of sp³-hybridized carbons (Fsp3) is 0.579. The van der Waals surface area contributed by atoms with Crippen LogP contribution in [0.4, 0.5) is 0 Å². The number of amidine groups is 8. The van der Waals surface area contributed by atoms with E-state index in [1.807, 2.05) is 0 Å². The SMILES string of the molecule is CC(CC(C(=N)N)C(=N)N)C(C(=N)N)C(=N)N.N=C(N)C(CCCCC(C(=N)N)C(=N)N)C(=N)N. The molecule has 0 aliphatic heterocycles. The van der Waals surface area contributed by atoms with E-state index < -0.39 is 23.7 Å². The first-order valence-corrected chi connectivity index (χ1v) is 10.7. The highest BCUT2D eigenvalue weighted by Crippen LogP contribution is 2.20. The maximum Gasteiger partial charge on any atom is 0.102 e. The average Bonchev–Trinajstić information content (AvgIpc) is 2.66. The van der Waals surface area contributed by atoms with E-state index >= 15 is 0 Å². The van der Waals surface area contributed by atoms with Gasteiger partial charge in [0.05, 0.1) is 23.7 Å². The van der Waals surface area contributed by atoms with Crippen LogP contribution in [-0.4, -0.2) is 46.7 Å². The fourth-order valence-electron chi connectivity index (χ4n) is 3.36. The molecule has 16 nitrogen and oxygen atoms in total. The number of nitrogens with two attached hydrogens (primary N) is 8. The van der Waals surface area contributed by atoms with Crippen LogP contribution in [0, 0.1) is 72.9 Å². The summed E-state index contributed by atoms with van der Waals surface area (Å²) < 4.78 is 0. The molecule has 0 aliphatic carbocycles. The number of hydrogen-bond donors (Lipinski definition) is 16. The molecule has 0 aromatic rings. The van der Waals surface area contributed by atoms with Gasteiger partial charge < -0.3 is 45.9 Å². The van der Waals surface area contributed by atoms with Crippen molar-refractivity contribution in [3.8, 4) is 0 Å². The second kappa shape index (κ2) is 15.6. The van der Waals surface area contributed by atoms with E-state index in [-0.39, 0.29) is 59.0 Å². The Morgan fingerprint density at radius 1 is 0.457 bits per heavy atom. The van der Waals surface area contributed by atoms with Crippen LogP contribution >= 0.6 is 0 Å². The largest absolute Gasteiger partial charge is 0.387 e. The minimum absolute atomic E-state index is 0.114. The van der Waals surface area contributed by atoms with Gasteiger partial charge in [0.25, 0.3) is 0 Å². The van der Waals surface area contributed by atoms with Crippen LogP contribution in [0.2, 0.25) is 0 Å². The van der Waals surface area contributed by atoms with E-state index in [1.54, 1.807) is 6.92 Å². The molecular formula is C19H42N16. The zero-order valence-corrected chi connectivity index (χ0v) is 20.0. The van der Waals surface area contributed by atoms with E-state index in [1.165, 1.54) is 0 Å². The van der Waals surface area contributed by atoms with Crippen LogP contribution in [0.5, 0.6) is 0 Å². The number of hydrogen-bond acceptors (Lipinski definition) is 8. The van der Waals surface area contributed by atoms with E-state index in [4.69, 9.17) is 89.1 Å². The van der Waals surface area contributed by atoms with E-state index in [0.717, 1.165) is 0 Å². The van der Waals surface area contributed by atoms with Gasteiger partial charge in [0.1, 0.15) is 46.7 Å². The Bertz CT molecular complexity index is 741. The first kappa shape index (κ1) is 32.9. The lowest BCUT2D eigenvalue weighted by Gasteiger charge is -2.25. The van der Waals surface area contributed by atoms with Gasteiger partial charge in [0, 0.05) is 0 Å². The Hall–Kier alpha value is -4.24. The molecule has 16 heteroatoms. The fourth-order valence-corrected chi connectivity index (χ4v) is 3.36. The Balaban J connectivity index is 0. The van der Waals surface area contributed by atoms with Crippen LogP contribution < -0.4 is 45.9 Å². The molecule has 0 rings (SSSR count). The molecule has 0 radical (unpaired) electrons. The molecule has 35 heavy (non-hydrogen) atoms. The molecule has 0 aromatic carbocycles. The maximum absolute atomic E-state index is 7.36. The Morgan fingerprint density at radius 2 is 0.714 bits per heavy atom. The lowest BCUT2D eigenvalue weighted by atomic mass is 9.83. The Kier molecular flexibility index (Phi) is 14.7. The summed E-state index contributed by atoms with van der Waals surface area (Å²) in [5.74, 6) is -4.07. The second-order valence-corrected chi connectivity index (χ2v) is 8.28. The molecule has 24 N–H and O–H groups in total. The second-order valence-electron chi connectivity index (χ2n) is 8.28. The van der Waals surface area contributed by atoms with Gasteiger partial charge in [0.15, 0.2) is 0 Å². The van der Waals surface area contributed by atoms with Crippen molar-refractivity contribution < 1.29 is 0 Å². The normalized spacial score (nSPS) is 14.5. The van der Waals surface area contributed by atoms with Gasteiger partial charge >= 0.3 is 0 Å². The molecule has 0 aliphatic rings. The number of unbranched alkanes of at least 4 members (excludes halogenated alkanes) is 1. The monoisotopic (exact) mass is 494 g/mol. The zero-order chi connectivity index (χ0) is 28.0. The highest BCUT2D eigenvalue weighted by molar-refractivity contribution is 6.03. The summed E-state index contributed by atoms with van der Waals surface area (Å²) >= 11 is 0. The smallest absolute Gasteiger partial charge is 0.102 e. The summed E-state index contributed by atoms with van der Waals surface area (Å²) in [7, 11) is 0. The molecule has 0 saturated carbocycles. The molecule has 1 atom stereocenters. The minimum Gasteiger partial charge on any atom is -0.387 e. The third-order valence-electron chi connectivity index (χ3n) is 5.33. The van der Waals surface area contributed by atoms with Gasteiger partial charge in [-0.05, 0) is 25.2 Å². The van der Waals surface area contributed by atoms with Crippen LogP contribution in [0.3, 0.4) is 0 Å². The third kappa shape index (κ3) is 12.5. The summed E-state index contributed by atoms with van der Waals surface area (Å²) in [6.45, 7) is 1.73. The van der Waals surface area contributed by atoms with Gasteiger partial charge in [-0.2, -0.15) is 0 Å². The summed E-state index contributed by atoms with van der Waals surface area (Å²) in [6.07, 6.45) is 2.64. The van der Waals surface area contributed by atoms with Crippen molar-refractivity contribution in [3.63, 3.8) is 0 Å². The molecule has 1 unspecified atom stereocenters. The highest BCUT2D eigenvalue weighted by atomic mass is 14.8. The number of nitrogens with one attached hydrogen (secondary N) is 8. The van der Waals surface area contributed by atoms with Gasteiger partial charge in [-0.15, -0.1) is 0 Å². The molecule has 0 fully saturated rings. The molecule has 0 aromatic heterocycles. The topological polar surface area (TPSA) is 399 Å². The van der Waals surface area contributed by atoms with Gasteiger partial charge in [-0.1, -0.05) is 19.8 Å². The van der Waals surface area contributed by atoms with Crippen molar-refractivity contribution in [3.05, 3.63) is 0 Å². The zero-order valence-electron chi connectivity index (χ0n) is 20.0. The quantitative estimate of drug-likeness (QED) is 0.0678. The van der Waals surface area contributed by atoms with Crippen LogP contribution in [-0.2, 0) is 0 Å². The standard InChI is InChI=1S/C10H22N8.C9H20N8/c11-7(12)5(8(13)14)3-1-2-4-6(9(15)16)10(17)18;1-3(5(8(14)15)9(16)17)2-4(6(10)11)7(12)13/h5-6H,1-4H2,(H3,11,12)(H3,13,14)(H3,15,16)(H3,17,18);3-5H,2H2,1H3,(H3,10,11)(H3,12,13)(H3,14,15)(H3,16,17). The predicted molar refractivity (Wildman–Crippen MR) is 142 cm³/mol. The molecular weight excluding hydrogens is 452 g/mol. The molecule has 0 bridgehead atoms. The van der Waals surface area contributed by atoms with Crippen molar-refractivity contribution >= 4 is 46.7 Å².